The number of nitrogens with one attached hydrogen (secondary N) is 1. The van der Waals surface area contributed by atoms with Gasteiger partial charge in [0.1, 0.15) is 25.6 Å². The molecule has 1 aliphatic heterocycles. The summed E-state index contributed by atoms with van der Waals surface area (Å²) in [6, 6.07) is 17.0. The SMILES string of the molecule is O=C(Cn1cnc2ccc(F)cc2c1=O)Nc1cc2c(cc1Sc1ccccc1)OCCO2. The summed E-state index contributed by atoms with van der Waals surface area (Å²) in [5.74, 6) is 0.173. The van der Waals surface area contributed by atoms with Crippen LogP contribution in [0.1, 0.15) is 0 Å². The third kappa shape index (κ3) is 4.54. The van der Waals surface area contributed by atoms with E-state index in [4.69, 9.17) is 9.47 Å². The molecule has 1 aliphatic rings. The third-order valence-corrected chi connectivity index (χ3v) is 6.06. The Morgan fingerprint density at radius 1 is 1.06 bits per heavy atom. The maximum Gasteiger partial charge on any atom is 0.261 e. The molecule has 0 fully saturated rings. The molecule has 0 unspecified atom stereocenters. The van der Waals surface area contributed by atoms with Gasteiger partial charge in [-0.15, -0.1) is 0 Å². The average Bonchev–Trinajstić information content (AvgIpc) is 2.82. The van der Waals surface area contributed by atoms with E-state index < -0.39 is 17.3 Å². The maximum atomic E-state index is 13.6. The first kappa shape index (κ1) is 21.0. The molecular weight excluding hydrogens is 445 g/mol. The van der Waals surface area contributed by atoms with E-state index in [2.05, 4.69) is 10.3 Å². The van der Waals surface area contributed by atoms with E-state index in [1.54, 1.807) is 6.07 Å². The Bertz CT molecular complexity index is 1410. The van der Waals surface area contributed by atoms with Gasteiger partial charge in [-0.1, -0.05) is 30.0 Å². The molecule has 1 N–H and O–H groups in total. The fraction of sp³-hybridized carbons (Fsp3) is 0.125. The number of carbonyl (C=O) groups excluding carboxylic acids is 1. The van der Waals surface area contributed by atoms with E-state index in [0.29, 0.717) is 35.9 Å². The molecule has 0 aliphatic carbocycles. The summed E-state index contributed by atoms with van der Waals surface area (Å²) in [4.78, 5) is 31.5. The topological polar surface area (TPSA) is 82.5 Å². The Morgan fingerprint density at radius 2 is 1.82 bits per heavy atom. The Balaban J connectivity index is 1.43. The zero-order valence-corrected chi connectivity index (χ0v) is 18.1. The third-order valence-electron chi connectivity index (χ3n) is 4.99. The number of anilines is 1. The van der Waals surface area contributed by atoms with Gasteiger partial charge in [0.25, 0.3) is 5.56 Å². The fourth-order valence-electron chi connectivity index (χ4n) is 3.46. The fourth-order valence-corrected chi connectivity index (χ4v) is 4.39. The van der Waals surface area contributed by atoms with Crippen molar-refractivity contribution in [2.45, 2.75) is 16.3 Å². The quantitative estimate of drug-likeness (QED) is 0.480. The van der Waals surface area contributed by atoms with Crippen molar-refractivity contribution in [3.8, 4) is 11.5 Å². The van der Waals surface area contributed by atoms with Crippen LogP contribution in [0.4, 0.5) is 10.1 Å². The molecule has 9 heteroatoms. The Kier molecular flexibility index (Phi) is 5.70. The molecule has 2 heterocycles. The summed E-state index contributed by atoms with van der Waals surface area (Å²) in [5.41, 5.74) is 0.410. The van der Waals surface area contributed by atoms with E-state index in [1.807, 2.05) is 36.4 Å². The predicted octanol–water partition coefficient (Wildman–Crippen LogP) is 4.10. The van der Waals surface area contributed by atoms with Crippen molar-refractivity contribution in [3.05, 3.63) is 83.2 Å². The number of carbonyl (C=O) groups is 1. The molecule has 0 atom stereocenters. The number of halogens is 1. The van der Waals surface area contributed by atoms with Crippen LogP contribution >= 0.6 is 11.8 Å². The van der Waals surface area contributed by atoms with E-state index in [9.17, 15) is 14.0 Å². The molecule has 3 aromatic carbocycles. The second kappa shape index (κ2) is 8.95. The minimum absolute atomic E-state index is 0.116. The van der Waals surface area contributed by atoms with Gasteiger partial charge in [0.15, 0.2) is 11.5 Å². The zero-order valence-electron chi connectivity index (χ0n) is 17.3. The number of benzene rings is 3. The van der Waals surface area contributed by atoms with Crippen molar-refractivity contribution < 1.29 is 18.7 Å². The summed E-state index contributed by atoms with van der Waals surface area (Å²) in [5, 5.41) is 2.97. The van der Waals surface area contributed by atoms with Crippen molar-refractivity contribution in [2.24, 2.45) is 0 Å². The van der Waals surface area contributed by atoms with Crippen LogP contribution in [0.25, 0.3) is 10.9 Å². The number of aromatic nitrogens is 2. The largest absolute Gasteiger partial charge is 0.486 e. The maximum absolute atomic E-state index is 13.6. The van der Waals surface area contributed by atoms with Crippen LogP contribution in [0.5, 0.6) is 11.5 Å². The smallest absolute Gasteiger partial charge is 0.261 e. The molecule has 7 nitrogen and oxygen atoms in total. The number of hydrogen-bond acceptors (Lipinski definition) is 6. The molecule has 0 radical (unpaired) electrons. The predicted molar refractivity (Wildman–Crippen MR) is 123 cm³/mol. The van der Waals surface area contributed by atoms with Crippen LogP contribution in [0.15, 0.2) is 81.6 Å². The first-order valence-electron chi connectivity index (χ1n) is 10.2. The van der Waals surface area contributed by atoms with Gasteiger partial charge in [-0.25, -0.2) is 9.37 Å². The van der Waals surface area contributed by atoms with Crippen LogP contribution in [0.2, 0.25) is 0 Å². The lowest BCUT2D eigenvalue weighted by Gasteiger charge is -2.21. The molecule has 0 saturated heterocycles. The second-order valence-corrected chi connectivity index (χ2v) is 8.41. The van der Waals surface area contributed by atoms with Gasteiger partial charge in [-0.3, -0.25) is 14.2 Å². The number of fused-ring (bicyclic) bond motifs is 2. The van der Waals surface area contributed by atoms with E-state index in [-0.39, 0.29) is 11.9 Å². The standard InChI is InChI=1S/C24H18FN3O4S/c25-15-6-7-18-17(10-15)24(30)28(14-26-18)13-23(29)27-19-11-20-21(32-9-8-31-20)12-22(19)33-16-4-2-1-3-5-16/h1-7,10-12,14H,8-9,13H2,(H,27,29). The zero-order chi connectivity index (χ0) is 22.8. The van der Waals surface area contributed by atoms with Gasteiger partial charge < -0.3 is 14.8 Å². The van der Waals surface area contributed by atoms with Crippen molar-refractivity contribution in [3.63, 3.8) is 0 Å². The number of ether oxygens (including phenoxy) is 2. The minimum Gasteiger partial charge on any atom is -0.486 e. The molecule has 5 rings (SSSR count). The molecule has 0 spiro atoms. The van der Waals surface area contributed by atoms with Crippen LogP contribution in [-0.4, -0.2) is 28.7 Å². The lowest BCUT2D eigenvalue weighted by Crippen LogP contribution is -2.28. The molecule has 1 aromatic heterocycles. The van der Waals surface area contributed by atoms with E-state index in [1.165, 1.54) is 30.2 Å². The molecule has 0 saturated carbocycles. The number of rotatable bonds is 5. The highest BCUT2D eigenvalue weighted by atomic mass is 32.2. The van der Waals surface area contributed by atoms with Gasteiger partial charge in [0, 0.05) is 21.9 Å². The van der Waals surface area contributed by atoms with Crippen LogP contribution in [0.3, 0.4) is 0 Å². The van der Waals surface area contributed by atoms with E-state index >= 15 is 0 Å². The van der Waals surface area contributed by atoms with Gasteiger partial charge >= 0.3 is 0 Å². The number of nitrogens with zero attached hydrogens (tertiary/aromatic N) is 2. The van der Waals surface area contributed by atoms with Gasteiger partial charge in [-0.05, 0) is 30.3 Å². The second-order valence-electron chi connectivity index (χ2n) is 7.29. The molecule has 166 valence electrons. The van der Waals surface area contributed by atoms with Crippen LogP contribution in [0, 0.1) is 5.82 Å². The monoisotopic (exact) mass is 463 g/mol. The Morgan fingerprint density at radius 3 is 2.61 bits per heavy atom. The highest BCUT2D eigenvalue weighted by Gasteiger charge is 2.19. The highest BCUT2D eigenvalue weighted by molar-refractivity contribution is 7.99. The summed E-state index contributed by atoms with van der Waals surface area (Å²) in [7, 11) is 0. The van der Waals surface area contributed by atoms with Crippen molar-refractivity contribution >= 4 is 34.3 Å². The Hall–Kier alpha value is -3.85. The molecule has 33 heavy (non-hydrogen) atoms. The average molecular weight is 463 g/mol. The van der Waals surface area contributed by atoms with Crippen molar-refractivity contribution in [1.29, 1.82) is 0 Å². The van der Waals surface area contributed by atoms with Gasteiger partial charge in [0.2, 0.25) is 5.91 Å². The molecule has 4 aromatic rings. The van der Waals surface area contributed by atoms with E-state index in [0.717, 1.165) is 20.4 Å². The molecule has 1 amide bonds. The molecular formula is C24H18FN3O4S. The summed E-state index contributed by atoms with van der Waals surface area (Å²) < 4.78 is 26.1. The van der Waals surface area contributed by atoms with Gasteiger partial charge in [0.05, 0.1) is 22.9 Å². The van der Waals surface area contributed by atoms with Crippen LogP contribution in [-0.2, 0) is 11.3 Å². The Labute approximate surface area is 192 Å². The van der Waals surface area contributed by atoms with Crippen molar-refractivity contribution in [2.75, 3.05) is 18.5 Å². The van der Waals surface area contributed by atoms with Crippen LogP contribution < -0.4 is 20.3 Å². The highest BCUT2D eigenvalue weighted by Crippen LogP contribution is 2.42. The number of amides is 1. The summed E-state index contributed by atoms with van der Waals surface area (Å²) in [6.45, 7) is 0.592. The minimum atomic E-state index is -0.539. The number of hydrogen-bond donors (Lipinski definition) is 1. The van der Waals surface area contributed by atoms with Crippen molar-refractivity contribution in [1.82, 2.24) is 9.55 Å². The first-order valence-corrected chi connectivity index (χ1v) is 11.0. The molecule has 0 bridgehead atoms. The summed E-state index contributed by atoms with van der Waals surface area (Å²) >= 11 is 1.47. The summed E-state index contributed by atoms with van der Waals surface area (Å²) in [6.07, 6.45) is 1.28. The normalized spacial score (nSPS) is 12.5. The van der Waals surface area contributed by atoms with Gasteiger partial charge in [-0.2, -0.15) is 0 Å². The lowest BCUT2D eigenvalue weighted by molar-refractivity contribution is -0.116. The lowest BCUT2D eigenvalue weighted by atomic mass is 10.2. The first-order chi connectivity index (χ1) is 16.1.